The molecule has 1 aromatic heterocycles. The Morgan fingerprint density at radius 3 is 2.29 bits per heavy atom. The maximum absolute atomic E-state index is 12.4. The molecule has 6 heteroatoms. The fourth-order valence-electron chi connectivity index (χ4n) is 1.27. The van der Waals surface area contributed by atoms with Crippen molar-refractivity contribution in [3.8, 4) is 10.6 Å². The number of hydrogen-bond acceptors (Lipinski definition) is 3. The lowest BCUT2D eigenvalue weighted by atomic mass is 10.2. The minimum atomic E-state index is -4.31. The molecule has 0 aliphatic heterocycles. The van der Waals surface area contributed by atoms with Crippen molar-refractivity contribution >= 4 is 23.1 Å². The van der Waals surface area contributed by atoms with E-state index in [1.54, 1.807) is 23.9 Å². The largest absolute Gasteiger partial charge is 0.427 e. The van der Waals surface area contributed by atoms with E-state index >= 15 is 0 Å². The van der Waals surface area contributed by atoms with Gasteiger partial charge in [-0.05, 0) is 18.4 Å². The van der Waals surface area contributed by atoms with Gasteiger partial charge in [-0.25, -0.2) is 4.98 Å². The van der Waals surface area contributed by atoms with Crippen LogP contribution in [0.4, 0.5) is 13.2 Å². The molecule has 17 heavy (non-hydrogen) atoms. The Morgan fingerprint density at radius 2 is 1.82 bits per heavy atom. The smallest absolute Gasteiger partial charge is 0.244 e. The number of nitrogens with zero attached hydrogens (tertiary/aromatic N) is 1. The molecule has 2 rings (SSSR count). The molecule has 0 N–H and O–H groups in total. The Kier molecular flexibility index (Phi) is 3.44. The molecule has 0 aliphatic carbocycles. The second kappa shape index (κ2) is 4.70. The van der Waals surface area contributed by atoms with Gasteiger partial charge in [0.05, 0.1) is 6.20 Å². The van der Waals surface area contributed by atoms with Crippen molar-refractivity contribution in [2.75, 3.05) is 6.26 Å². The number of thiazole rings is 1. The van der Waals surface area contributed by atoms with Crippen LogP contribution in [0.5, 0.6) is 0 Å². The second-order valence-corrected chi connectivity index (χ2v) is 5.17. The number of thioether (sulfide) groups is 1. The van der Waals surface area contributed by atoms with E-state index in [0.29, 0.717) is 21.9 Å². The van der Waals surface area contributed by atoms with Gasteiger partial charge in [-0.1, -0.05) is 12.1 Å². The summed E-state index contributed by atoms with van der Waals surface area (Å²) in [5, 5.41) is 0.393. The lowest BCUT2D eigenvalue weighted by molar-refractivity contribution is -0.134. The summed E-state index contributed by atoms with van der Waals surface area (Å²) in [6.07, 6.45) is -1.49. The SMILES string of the molecule is CSc1ccc(-c2ncc(C(F)(F)F)s2)cc1. The average molecular weight is 275 g/mol. The second-order valence-electron chi connectivity index (χ2n) is 3.26. The number of rotatable bonds is 2. The maximum Gasteiger partial charge on any atom is 0.427 e. The zero-order chi connectivity index (χ0) is 12.5. The van der Waals surface area contributed by atoms with Crippen LogP contribution in [0.3, 0.4) is 0 Å². The van der Waals surface area contributed by atoms with Crippen LogP contribution in [0.25, 0.3) is 10.6 Å². The van der Waals surface area contributed by atoms with E-state index in [9.17, 15) is 13.2 Å². The Labute approximate surface area is 105 Å². The maximum atomic E-state index is 12.4. The zero-order valence-corrected chi connectivity index (χ0v) is 10.4. The Bertz CT molecular complexity index is 502. The molecule has 0 bridgehead atoms. The lowest BCUT2D eigenvalue weighted by Gasteiger charge is -2.00. The highest BCUT2D eigenvalue weighted by Gasteiger charge is 2.33. The highest BCUT2D eigenvalue weighted by Crippen LogP contribution is 2.36. The summed E-state index contributed by atoms with van der Waals surface area (Å²) < 4.78 is 37.2. The summed E-state index contributed by atoms with van der Waals surface area (Å²) >= 11 is 2.25. The van der Waals surface area contributed by atoms with Crippen molar-refractivity contribution in [3.63, 3.8) is 0 Å². The molecule has 1 heterocycles. The van der Waals surface area contributed by atoms with E-state index in [0.717, 1.165) is 11.1 Å². The fourth-order valence-corrected chi connectivity index (χ4v) is 2.47. The molecule has 0 atom stereocenters. The molecule has 1 nitrogen and oxygen atoms in total. The molecule has 2 aromatic rings. The van der Waals surface area contributed by atoms with Crippen LogP contribution in [0, 0.1) is 0 Å². The van der Waals surface area contributed by atoms with E-state index in [1.165, 1.54) is 0 Å². The zero-order valence-electron chi connectivity index (χ0n) is 8.78. The van der Waals surface area contributed by atoms with Crippen molar-refractivity contribution in [1.29, 1.82) is 0 Å². The van der Waals surface area contributed by atoms with Crippen molar-refractivity contribution in [1.82, 2.24) is 4.98 Å². The summed E-state index contributed by atoms with van der Waals surface area (Å²) in [5.41, 5.74) is 0.711. The first-order valence-corrected chi connectivity index (χ1v) is 6.72. The third kappa shape index (κ3) is 2.81. The van der Waals surface area contributed by atoms with Crippen molar-refractivity contribution in [2.45, 2.75) is 11.1 Å². The van der Waals surface area contributed by atoms with Gasteiger partial charge in [0, 0.05) is 10.5 Å². The Balaban J connectivity index is 2.30. The molecule has 0 saturated heterocycles. The summed E-state index contributed by atoms with van der Waals surface area (Å²) in [4.78, 5) is 4.21. The van der Waals surface area contributed by atoms with Crippen LogP contribution in [-0.2, 0) is 6.18 Å². The highest BCUT2D eigenvalue weighted by atomic mass is 32.2. The van der Waals surface area contributed by atoms with Crippen LogP contribution < -0.4 is 0 Å². The third-order valence-electron chi connectivity index (χ3n) is 2.12. The fraction of sp³-hybridized carbons (Fsp3) is 0.182. The number of alkyl halides is 3. The minimum Gasteiger partial charge on any atom is -0.244 e. The monoisotopic (exact) mass is 275 g/mol. The van der Waals surface area contributed by atoms with E-state index < -0.39 is 11.1 Å². The lowest BCUT2D eigenvalue weighted by Crippen LogP contribution is -2.00. The van der Waals surface area contributed by atoms with Crippen LogP contribution in [0.2, 0.25) is 0 Å². The Hall–Kier alpha value is -1.01. The quantitative estimate of drug-likeness (QED) is 0.746. The van der Waals surface area contributed by atoms with Gasteiger partial charge in [0.2, 0.25) is 0 Å². The molecule has 0 aliphatic rings. The predicted molar refractivity (Wildman–Crippen MR) is 64.3 cm³/mol. The summed E-state index contributed by atoms with van der Waals surface area (Å²) in [7, 11) is 0. The van der Waals surface area contributed by atoms with Gasteiger partial charge in [-0.3, -0.25) is 0 Å². The van der Waals surface area contributed by atoms with Crippen molar-refractivity contribution in [3.05, 3.63) is 35.3 Å². The summed E-state index contributed by atoms with van der Waals surface area (Å²) in [5.74, 6) is 0. The Morgan fingerprint density at radius 1 is 1.18 bits per heavy atom. The molecule has 90 valence electrons. The average Bonchev–Trinajstić information content (AvgIpc) is 2.78. The van der Waals surface area contributed by atoms with Gasteiger partial charge in [0.1, 0.15) is 9.88 Å². The topological polar surface area (TPSA) is 12.9 Å². The van der Waals surface area contributed by atoms with Crippen molar-refractivity contribution in [2.24, 2.45) is 0 Å². The minimum absolute atomic E-state index is 0.393. The standard InChI is InChI=1S/C11H8F3NS2/c1-16-8-4-2-7(3-5-8)10-15-6-9(17-10)11(12,13)14/h2-6H,1H3. The van der Waals surface area contributed by atoms with Crippen molar-refractivity contribution < 1.29 is 13.2 Å². The highest BCUT2D eigenvalue weighted by molar-refractivity contribution is 7.98. The molecule has 0 radical (unpaired) electrons. The van der Waals surface area contributed by atoms with Gasteiger partial charge < -0.3 is 0 Å². The van der Waals surface area contributed by atoms with E-state index in [4.69, 9.17) is 0 Å². The van der Waals surface area contributed by atoms with Gasteiger partial charge >= 0.3 is 6.18 Å². The molecule has 1 aromatic carbocycles. The van der Waals surface area contributed by atoms with Gasteiger partial charge in [-0.15, -0.1) is 23.1 Å². The number of aromatic nitrogens is 1. The number of halogens is 3. The normalized spacial score (nSPS) is 11.8. The molecular weight excluding hydrogens is 267 g/mol. The molecule has 0 unspecified atom stereocenters. The molecule has 0 amide bonds. The molecule has 0 fully saturated rings. The first-order valence-electron chi connectivity index (χ1n) is 4.68. The first kappa shape index (κ1) is 12.4. The van der Waals surface area contributed by atoms with Crippen LogP contribution in [0.15, 0.2) is 35.4 Å². The first-order chi connectivity index (χ1) is 8.00. The molecular formula is C11H8F3NS2. The molecule has 0 saturated carbocycles. The van der Waals surface area contributed by atoms with Crippen LogP contribution >= 0.6 is 23.1 Å². The van der Waals surface area contributed by atoms with E-state index in [1.807, 2.05) is 18.4 Å². The van der Waals surface area contributed by atoms with E-state index in [-0.39, 0.29) is 0 Å². The number of benzene rings is 1. The van der Waals surface area contributed by atoms with Gasteiger partial charge in [0.25, 0.3) is 0 Å². The van der Waals surface area contributed by atoms with Crippen LogP contribution in [-0.4, -0.2) is 11.2 Å². The predicted octanol–water partition coefficient (Wildman–Crippen LogP) is 4.55. The number of hydrogen-bond donors (Lipinski definition) is 0. The van der Waals surface area contributed by atoms with Gasteiger partial charge in [0.15, 0.2) is 0 Å². The van der Waals surface area contributed by atoms with Gasteiger partial charge in [-0.2, -0.15) is 13.2 Å². The van der Waals surface area contributed by atoms with E-state index in [2.05, 4.69) is 4.98 Å². The van der Waals surface area contributed by atoms with Crippen LogP contribution in [0.1, 0.15) is 4.88 Å². The molecule has 0 spiro atoms. The third-order valence-corrected chi connectivity index (χ3v) is 3.96. The summed E-state index contributed by atoms with van der Waals surface area (Å²) in [6.45, 7) is 0. The summed E-state index contributed by atoms with van der Waals surface area (Å²) in [6, 6.07) is 7.30.